The smallest absolute Gasteiger partial charge is 0.237 e. The molecule has 4 heteroatoms. The molecule has 3 unspecified atom stereocenters. The van der Waals surface area contributed by atoms with Crippen molar-refractivity contribution in [1.82, 2.24) is 5.32 Å². The van der Waals surface area contributed by atoms with Crippen molar-refractivity contribution in [2.24, 2.45) is 11.7 Å². The average Bonchev–Trinajstić information content (AvgIpc) is 2.40. The van der Waals surface area contributed by atoms with Gasteiger partial charge < -0.3 is 15.8 Å². The summed E-state index contributed by atoms with van der Waals surface area (Å²) in [4.78, 5) is 12.1. The zero-order valence-corrected chi connectivity index (χ0v) is 12.1. The molecular weight excluding hydrogens is 240 g/mol. The van der Waals surface area contributed by atoms with Crippen molar-refractivity contribution in [3.8, 4) is 0 Å². The predicted octanol–water partition coefficient (Wildman–Crippen LogP) is 1.97. The number of nitrogens with one attached hydrogen (secondary N) is 1. The fourth-order valence-electron chi connectivity index (χ4n) is 3.33. The van der Waals surface area contributed by atoms with Crippen LogP contribution in [0.15, 0.2) is 0 Å². The summed E-state index contributed by atoms with van der Waals surface area (Å²) in [6.45, 7) is 2.80. The normalized spacial score (nSPS) is 30.8. The van der Waals surface area contributed by atoms with Gasteiger partial charge in [0.25, 0.3) is 0 Å². The molecule has 0 bridgehead atoms. The summed E-state index contributed by atoms with van der Waals surface area (Å²) < 4.78 is 5.49. The van der Waals surface area contributed by atoms with Crippen molar-refractivity contribution in [3.05, 3.63) is 0 Å². The molecule has 2 rings (SSSR count). The minimum Gasteiger partial charge on any atom is -0.378 e. The van der Waals surface area contributed by atoms with E-state index >= 15 is 0 Å². The summed E-state index contributed by atoms with van der Waals surface area (Å²) in [5.74, 6) is 0.688. The van der Waals surface area contributed by atoms with E-state index in [1.165, 1.54) is 32.1 Å². The molecule has 3 N–H and O–H groups in total. The number of amides is 1. The van der Waals surface area contributed by atoms with Crippen molar-refractivity contribution < 1.29 is 9.53 Å². The van der Waals surface area contributed by atoms with Gasteiger partial charge in [0.05, 0.1) is 12.1 Å². The van der Waals surface area contributed by atoms with Gasteiger partial charge in [0.15, 0.2) is 0 Å². The van der Waals surface area contributed by atoms with Gasteiger partial charge in [0, 0.05) is 12.6 Å². The Morgan fingerprint density at radius 2 is 2.05 bits per heavy atom. The summed E-state index contributed by atoms with van der Waals surface area (Å²) in [6, 6.07) is -0.0880. The number of rotatable bonds is 4. The molecule has 0 radical (unpaired) electrons. The van der Waals surface area contributed by atoms with E-state index in [0.29, 0.717) is 5.92 Å². The van der Waals surface area contributed by atoms with Crippen LogP contribution < -0.4 is 11.1 Å². The van der Waals surface area contributed by atoms with Crippen molar-refractivity contribution in [1.29, 1.82) is 0 Å². The lowest BCUT2D eigenvalue weighted by molar-refractivity contribution is -0.124. The topological polar surface area (TPSA) is 64.4 Å². The highest BCUT2D eigenvalue weighted by atomic mass is 16.5. The average molecular weight is 268 g/mol. The second-order valence-electron chi connectivity index (χ2n) is 6.26. The lowest BCUT2D eigenvalue weighted by Crippen LogP contribution is -2.48. The van der Waals surface area contributed by atoms with Gasteiger partial charge in [-0.3, -0.25) is 4.79 Å². The van der Waals surface area contributed by atoms with E-state index in [1.54, 1.807) is 0 Å². The van der Waals surface area contributed by atoms with Crippen LogP contribution >= 0.6 is 0 Å². The van der Waals surface area contributed by atoms with Gasteiger partial charge in [-0.15, -0.1) is 0 Å². The Morgan fingerprint density at radius 3 is 2.74 bits per heavy atom. The number of nitrogens with two attached hydrogens (primary N) is 1. The van der Waals surface area contributed by atoms with Crippen LogP contribution in [0, 0.1) is 5.92 Å². The van der Waals surface area contributed by atoms with Gasteiger partial charge in [-0.05, 0) is 32.1 Å². The molecule has 0 aromatic carbocycles. The molecular formula is C15H28N2O2. The van der Waals surface area contributed by atoms with Crippen LogP contribution in [0.3, 0.4) is 0 Å². The van der Waals surface area contributed by atoms with E-state index in [-0.39, 0.29) is 24.1 Å². The number of hydrogen-bond acceptors (Lipinski definition) is 3. The first-order valence-electron chi connectivity index (χ1n) is 7.82. The molecule has 0 aromatic rings. The molecule has 1 aliphatic heterocycles. The molecule has 2 aliphatic rings. The Labute approximate surface area is 116 Å². The van der Waals surface area contributed by atoms with Crippen molar-refractivity contribution in [2.45, 2.75) is 76.5 Å². The summed E-state index contributed by atoms with van der Waals surface area (Å²) in [5.41, 5.74) is 6.06. The number of carbonyl (C=O) groups is 1. The fourth-order valence-corrected chi connectivity index (χ4v) is 3.33. The van der Waals surface area contributed by atoms with Crippen LogP contribution in [-0.2, 0) is 9.53 Å². The first-order valence-corrected chi connectivity index (χ1v) is 7.82. The summed E-state index contributed by atoms with van der Waals surface area (Å²) >= 11 is 0. The van der Waals surface area contributed by atoms with Crippen LogP contribution in [0.1, 0.15) is 58.3 Å². The lowest BCUT2D eigenvalue weighted by atomic mass is 9.85. The number of carbonyl (C=O) groups excluding carboxylic acids is 1. The molecule has 3 atom stereocenters. The van der Waals surface area contributed by atoms with Crippen LogP contribution in [0.25, 0.3) is 0 Å². The third kappa shape index (κ3) is 4.77. The van der Waals surface area contributed by atoms with Gasteiger partial charge in [0.1, 0.15) is 0 Å². The molecule has 0 spiro atoms. The Kier molecular flexibility index (Phi) is 5.64. The standard InChI is InChI=1S/C15H28N2O2/c1-11-9-13(7-8-19-11)17-15(18)14(16)10-12-5-3-2-4-6-12/h11-14H,2-10,16H2,1H3,(H,17,18). The molecule has 1 aliphatic carbocycles. The summed E-state index contributed by atoms with van der Waals surface area (Å²) in [5, 5.41) is 3.09. The second-order valence-corrected chi connectivity index (χ2v) is 6.26. The van der Waals surface area contributed by atoms with E-state index in [9.17, 15) is 4.79 Å². The van der Waals surface area contributed by atoms with Crippen LogP contribution in [0.5, 0.6) is 0 Å². The van der Waals surface area contributed by atoms with Crippen LogP contribution in [-0.4, -0.2) is 30.7 Å². The third-order valence-corrected chi connectivity index (χ3v) is 4.48. The van der Waals surface area contributed by atoms with Gasteiger partial charge in [-0.25, -0.2) is 0 Å². The number of ether oxygens (including phenoxy) is 1. The van der Waals surface area contributed by atoms with Crippen molar-refractivity contribution in [2.75, 3.05) is 6.61 Å². The minimum atomic E-state index is -0.332. The Balaban J connectivity index is 1.72. The highest BCUT2D eigenvalue weighted by molar-refractivity contribution is 5.81. The van der Waals surface area contributed by atoms with E-state index in [4.69, 9.17) is 10.5 Å². The fraction of sp³-hybridized carbons (Fsp3) is 0.933. The van der Waals surface area contributed by atoms with E-state index < -0.39 is 0 Å². The van der Waals surface area contributed by atoms with Crippen molar-refractivity contribution >= 4 is 5.91 Å². The first-order chi connectivity index (χ1) is 9.15. The van der Waals surface area contributed by atoms with Crippen molar-refractivity contribution in [3.63, 3.8) is 0 Å². The van der Waals surface area contributed by atoms with Gasteiger partial charge >= 0.3 is 0 Å². The molecule has 110 valence electrons. The van der Waals surface area contributed by atoms with E-state index in [1.807, 2.05) is 0 Å². The molecule has 1 amide bonds. The number of hydrogen-bond donors (Lipinski definition) is 2. The minimum absolute atomic E-state index is 0.0321. The lowest BCUT2D eigenvalue weighted by Gasteiger charge is -2.30. The maximum atomic E-state index is 12.1. The predicted molar refractivity (Wildman–Crippen MR) is 75.7 cm³/mol. The molecule has 1 saturated heterocycles. The van der Waals surface area contributed by atoms with Gasteiger partial charge in [-0.1, -0.05) is 32.1 Å². The molecule has 2 fully saturated rings. The molecule has 0 aromatic heterocycles. The Hall–Kier alpha value is -0.610. The second kappa shape index (κ2) is 7.25. The molecule has 1 saturated carbocycles. The van der Waals surface area contributed by atoms with E-state index in [0.717, 1.165) is 25.9 Å². The maximum absolute atomic E-state index is 12.1. The first kappa shape index (κ1) is 14.8. The van der Waals surface area contributed by atoms with E-state index in [2.05, 4.69) is 12.2 Å². The van der Waals surface area contributed by atoms with Crippen LogP contribution in [0.4, 0.5) is 0 Å². The molecule has 4 nitrogen and oxygen atoms in total. The zero-order chi connectivity index (χ0) is 13.7. The Morgan fingerprint density at radius 1 is 1.32 bits per heavy atom. The summed E-state index contributed by atoms with van der Waals surface area (Å²) in [6.07, 6.45) is 9.35. The van der Waals surface area contributed by atoms with Crippen LogP contribution in [0.2, 0.25) is 0 Å². The largest absolute Gasteiger partial charge is 0.378 e. The maximum Gasteiger partial charge on any atom is 0.237 e. The zero-order valence-electron chi connectivity index (χ0n) is 12.1. The quantitative estimate of drug-likeness (QED) is 0.819. The molecule has 19 heavy (non-hydrogen) atoms. The summed E-state index contributed by atoms with van der Waals surface area (Å²) in [7, 11) is 0. The highest BCUT2D eigenvalue weighted by Gasteiger charge is 2.25. The Bertz CT molecular complexity index is 290. The SMILES string of the molecule is CC1CC(NC(=O)C(N)CC2CCCCC2)CCO1. The third-order valence-electron chi connectivity index (χ3n) is 4.48. The van der Waals surface area contributed by atoms with Gasteiger partial charge in [0.2, 0.25) is 5.91 Å². The highest BCUT2D eigenvalue weighted by Crippen LogP contribution is 2.27. The molecule has 1 heterocycles. The monoisotopic (exact) mass is 268 g/mol. The van der Waals surface area contributed by atoms with Gasteiger partial charge in [-0.2, -0.15) is 0 Å².